The number of hydrogen-bond donors (Lipinski definition) is 2. The fourth-order valence-electron chi connectivity index (χ4n) is 1.65. The van der Waals surface area contributed by atoms with Crippen LogP contribution in [0.25, 0.3) is 0 Å². The number of nitrogens with two attached hydrogens (primary N) is 1. The smallest absolute Gasteiger partial charge is 0.150 e. The van der Waals surface area contributed by atoms with Crippen molar-refractivity contribution in [3.05, 3.63) is 65.2 Å². The van der Waals surface area contributed by atoms with Crippen LogP contribution in [0.15, 0.2) is 48.5 Å². The van der Waals surface area contributed by atoms with Crippen molar-refractivity contribution in [2.24, 2.45) is 5.73 Å². The summed E-state index contributed by atoms with van der Waals surface area (Å²) >= 11 is 0. The summed E-state index contributed by atoms with van der Waals surface area (Å²) in [5, 5.41) is 7.29. The molecule has 4 nitrogen and oxygen atoms in total. The molecule has 0 unspecified atom stereocenters. The molecule has 96 valence electrons. The molecule has 0 aliphatic heterocycles. The van der Waals surface area contributed by atoms with Gasteiger partial charge in [-0.3, -0.25) is 10.2 Å². The first-order valence-electron chi connectivity index (χ1n) is 5.80. The normalized spacial score (nSPS) is 9.89. The van der Waals surface area contributed by atoms with Crippen molar-refractivity contribution in [3.8, 4) is 5.75 Å². The van der Waals surface area contributed by atoms with Crippen LogP contribution in [-0.2, 0) is 6.61 Å². The molecule has 2 aromatic carbocycles. The number of hydrogen-bond acceptors (Lipinski definition) is 3. The lowest BCUT2D eigenvalue weighted by Gasteiger charge is -2.07. The lowest BCUT2D eigenvalue weighted by molar-refractivity contribution is 0.112. The number of carbonyl (C=O) groups excluding carboxylic acids is 1. The van der Waals surface area contributed by atoms with E-state index in [-0.39, 0.29) is 5.84 Å². The van der Waals surface area contributed by atoms with E-state index in [4.69, 9.17) is 15.9 Å². The molecule has 19 heavy (non-hydrogen) atoms. The van der Waals surface area contributed by atoms with E-state index in [1.165, 1.54) is 0 Å². The summed E-state index contributed by atoms with van der Waals surface area (Å²) in [6.07, 6.45) is 0.811. The monoisotopic (exact) mass is 254 g/mol. The molecule has 0 spiro atoms. The third kappa shape index (κ3) is 3.42. The Bertz CT molecular complexity index is 591. The van der Waals surface area contributed by atoms with E-state index in [1.54, 1.807) is 36.4 Å². The first-order chi connectivity index (χ1) is 9.19. The highest BCUT2D eigenvalue weighted by Crippen LogP contribution is 2.14. The zero-order valence-corrected chi connectivity index (χ0v) is 10.3. The van der Waals surface area contributed by atoms with Gasteiger partial charge in [0.15, 0.2) is 0 Å². The summed E-state index contributed by atoms with van der Waals surface area (Å²) in [4.78, 5) is 10.7. The summed E-state index contributed by atoms with van der Waals surface area (Å²) in [7, 11) is 0. The van der Waals surface area contributed by atoms with Crippen LogP contribution in [0.3, 0.4) is 0 Å². The molecule has 0 amide bonds. The Morgan fingerprint density at radius 3 is 2.58 bits per heavy atom. The molecule has 3 N–H and O–H groups in total. The van der Waals surface area contributed by atoms with Crippen LogP contribution in [0.5, 0.6) is 5.75 Å². The number of nitrogen functional groups attached to an aromatic ring is 1. The first kappa shape index (κ1) is 12.8. The van der Waals surface area contributed by atoms with E-state index >= 15 is 0 Å². The number of ether oxygens (including phenoxy) is 1. The molecule has 0 aromatic heterocycles. The average Bonchev–Trinajstić information content (AvgIpc) is 2.46. The maximum Gasteiger partial charge on any atom is 0.150 e. The van der Waals surface area contributed by atoms with Crippen LogP contribution in [0, 0.1) is 5.41 Å². The minimum absolute atomic E-state index is 0.0326. The van der Waals surface area contributed by atoms with Crippen LogP contribution in [0.2, 0.25) is 0 Å². The average molecular weight is 254 g/mol. The highest BCUT2D eigenvalue weighted by molar-refractivity contribution is 5.94. The summed E-state index contributed by atoms with van der Waals surface area (Å²) in [6.45, 7) is 0.390. The number of carbonyl (C=O) groups is 1. The largest absolute Gasteiger partial charge is 0.489 e. The second-order valence-electron chi connectivity index (χ2n) is 4.09. The van der Waals surface area contributed by atoms with Crippen molar-refractivity contribution in [1.29, 1.82) is 5.41 Å². The fraction of sp³-hybridized carbons (Fsp3) is 0.0667. The maximum atomic E-state index is 10.7. The van der Waals surface area contributed by atoms with E-state index < -0.39 is 0 Å². The Hall–Kier alpha value is -2.62. The number of amidine groups is 1. The van der Waals surface area contributed by atoms with Gasteiger partial charge in [0.1, 0.15) is 24.5 Å². The first-order valence-corrected chi connectivity index (χ1v) is 5.80. The van der Waals surface area contributed by atoms with Gasteiger partial charge in [0.05, 0.1) is 0 Å². The Morgan fingerprint density at radius 2 is 1.95 bits per heavy atom. The maximum absolute atomic E-state index is 10.7. The Labute approximate surface area is 111 Å². The van der Waals surface area contributed by atoms with Crippen LogP contribution < -0.4 is 10.5 Å². The number of rotatable bonds is 5. The van der Waals surface area contributed by atoms with Gasteiger partial charge >= 0.3 is 0 Å². The highest BCUT2D eigenvalue weighted by Gasteiger charge is 1.99. The summed E-state index contributed by atoms with van der Waals surface area (Å²) < 4.78 is 5.60. The van der Waals surface area contributed by atoms with Crippen LogP contribution in [0.4, 0.5) is 0 Å². The van der Waals surface area contributed by atoms with Gasteiger partial charge in [-0.05, 0) is 35.9 Å². The molecular weight excluding hydrogens is 240 g/mol. The van der Waals surface area contributed by atoms with E-state index in [9.17, 15) is 4.79 Å². The third-order valence-electron chi connectivity index (χ3n) is 2.66. The van der Waals surface area contributed by atoms with Gasteiger partial charge in [0.25, 0.3) is 0 Å². The van der Waals surface area contributed by atoms with E-state index in [0.717, 1.165) is 11.8 Å². The van der Waals surface area contributed by atoms with Gasteiger partial charge in [-0.25, -0.2) is 0 Å². The SMILES string of the molecule is N=C(N)c1ccc(OCc2cccc(C=O)c2)cc1. The van der Waals surface area contributed by atoms with Crippen LogP contribution >= 0.6 is 0 Å². The van der Waals surface area contributed by atoms with Crippen molar-refractivity contribution >= 4 is 12.1 Å². The van der Waals surface area contributed by atoms with Crippen LogP contribution in [-0.4, -0.2) is 12.1 Å². The second kappa shape index (κ2) is 5.82. The van der Waals surface area contributed by atoms with Gasteiger partial charge < -0.3 is 10.5 Å². The predicted molar refractivity (Wildman–Crippen MR) is 73.6 cm³/mol. The van der Waals surface area contributed by atoms with Gasteiger partial charge in [-0.15, -0.1) is 0 Å². The van der Waals surface area contributed by atoms with Crippen molar-refractivity contribution in [1.82, 2.24) is 0 Å². The standard InChI is InChI=1S/C15H14N2O2/c16-15(17)13-4-6-14(7-5-13)19-10-12-3-1-2-11(8-12)9-18/h1-9H,10H2,(H3,16,17). The molecule has 0 saturated heterocycles. The summed E-state index contributed by atoms with van der Waals surface area (Å²) in [5.41, 5.74) is 7.60. The molecule has 0 saturated carbocycles. The topological polar surface area (TPSA) is 76.2 Å². The zero-order valence-electron chi connectivity index (χ0n) is 10.3. The molecule has 0 fully saturated rings. The third-order valence-corrected chi connectivity index (χ3v) is 2.66. The predicted octanol–water partition coefficient (Wildman–Crippen LogP) is 2.36. The van der Waals surface area contributed by atoms with E-state index in [2.05, 4.69) is 0 Å². The molecule has 0 bridgehead atoms. The Balaban J connectivity index is 2.01. The summed E-state index contributed by atoms with van der Waals surface area (Å²) in [5.74, 6) is 0.728. The van der Waals surface area contributed by atoms with Gasteiger partial charge in [-0.1, -0.05) is 18.2 Å². The molecule has 2 rings (SSSR count). The molecule has 0 aliphatic rings. The molecular formula is C15H14N2O2. The second-order valence-corrected chi connectivity index (χ2v) is 4.09. The van der Waals surface area contributed by atoms with E-state index in [0.29, 0.717) is 23.5 Å². The molecule has 0 radical (unpaired) electrons. The minimum Gasteiger partial charge on any atom is -0.489 e. The lowest BCUT2D eigenvalue weighted by atomic mass is 10.1. The van der Waals surface area contributed by atoms with Gasteiger partial charge in [-0.2, -0.15) is 0 Å². The zero-order chi connectivity index (χ0) is 13.7. The Morgan fingerprint density at radius 1 is 1.21 bits per heavy atom. The fourth-order valence-corrected chi connectivity index (χ4v) is 1.65. The molecule has 0 atom stereocenters. The minimum atomic E-state index is 0.0326. The number of benzene rings is 2. The highest BCUT2D eigenvalue weighted by atomic mass is 16.5. The quantitative estimate of drug-likeness (QED) is 0.488. The van der Waals surface area contributed by atoms with Crippen molar-refractivity contribution in [2.45, 2.75) is 6.61 Å². The van der Waals surface area contributed by atoms with Crippen molar-refractivity contribution in [3.63, 3.8) is 0 Å². The molecule has 4 heteroatoms. The van der Waals surface area contributed by atoms with E-state index in [1.807, 2.05) is 12.1 Å². The molecule has 2 aromatic rings. The Kier molecular flexibility index (Phi) is 3.93. The van der Waals surface area contributed by atoms with Crippen LogP contribution in [0.1, 0.15) is 21.5 Å². The van der Waals surface area contributed by atoms with Crippen molar-refractivity contribution < 1.29 is 9.53 Å². The number of nitrogens with one attached hydrogen (secondary N) is 1. The molecule has 0 heterocycles. The molecule has 0 aliphatic carbocycles. The number of aldehydes is 1. The van der Waals surface area contributed by atoms with Gasteiger partial charge in [0, 0.05) is 11.1 Å². The summed E-state index contributed by atoms with van der Waals surface area (Å²) in [6, 6.07) is 14.3. The lowest BCUT2D eigenvalue weighted by Crippen LogP contribution is -2.10. The van der Waals surface area contributed by atoms with Gasteiger partial charge in [0.2, 0.25) is 0 Å². The van der Waals surface area contributed by atoms with Crippen molar-refractivity contribution in [2.75, 3.05) is 0 Å².